The Morgan fingerprint density at radius 2 is 1.78 bits per heavy atom. The molecule has 1 aromatic carbocycles. The largest absolute Gasteiger partial charge is 0.342 e. The number of fused-ring (bicyclic) bond motifs is 1. The van der Waals surface area contributed by atoms with Crippen LogP contribution >= 0.6 is 0 Å². The van der Waals surface area contributed by atoms with Gasteiger partial charge in [-0.1, -0.05) is 18.9 Å². The number of benzene rings is 1. The van der Waals surface area contributed by atoms with Gasteiger partial charge in [-0.05, 0) is 53.7 Å². The molecule has 0 spiro atoms. The zero-order chi connectivity index (χ0) is 18.8. The SMILES string of the molecule is CN(Cc1ccc2nonc2c1)C(=O)C1CCN(C(=O)C2CCCC2)CC1. The van der Waals surface area contributed by atoms with Crippen LogP contribution in [0.5, 0.6) is 0 Å². The van der Waals surface area contributed by atoms with E-state index in [0.717, 1.165) is 31.2 Å². The van der Waals surface area contributed by atoms with Gasteiger partial charge in [-0.25, -0.2) is 4.63 Å². The third-order valence-corrected chi connectivity index (χ3v) is 5.97. The number of hydrogen-bond acceptors (Lipinski definition) is 5. The van der Waals surface area contributed by atoms with Crippen LogP contribution in [0.3, 0.4) is 0 Å². The topological polar surface area (TPSA) is 79.5 Å². The van der Waals surface area contributed by atoms with E-state index in [2.05, 4.69) is 10.3 Å². The zero-order valence-corrected chi connectivity index (χ0v) is 15.8. The van der Waals surface area contributed by atoms with E-state index < -0.39 is 0 Å². The molecule has 2 amide bonds. The summed E-state index contributed by atoms with van der Waals surface area (Å²) in [5, 5.41) is 7.65. The summed E-state index contributed by atoms with van der Waals surface area (Å²) < 4.78 is 4.72. The fourth-order valence-corrected chi connectivity index (χ4v) is 4.37. The molecule has 0 bridgehead atoms. The first kappa shape index (κ1) is 17.9. The molecule has 2 aliphatic rings. The minimum Gasteiger partial charge on any atom is -0.342 e. The Kier molecular flexibility index (Phi) is 5.09. The molecule has 144 valence electrons. The van der Waals surface area contributed by atoms with Crippen LogP contribution in [0.4, 0.5) is 0 Å². The molecule has 27 heavy (non-hydrogen) atoms. The number of carbonyl (C=O) groups excluding carboxylic acids is 2. The molecule has 4 rings (SSSR count). The molecule has 0 radical (unpaired) electrons. The molecule has 1 aliphatic heterocycles. The number of aromatic nitrogens is 2. The van der Waals surface area contributed by atoms with Gasteiger partial charge in [-0.3, -0.25) is 9.59 Å². The van der Waals surface area contributed by atoms with Crippen molar-refractivity contribution >= 4 is 22.8 Å². The third kappa shape index (κ3) is 3.82. The summed E-state index contributed by atoms with van der Waals surface area (Å²) in [6, 6.07) is 5.70. The van der Waals surface area contributed by atoms with E-state index >= 15 is 0 Å². The van der Waals surface area contributed by atoms with Crippen molar-refractivity contribution in [3.05, 3.63) is 23.8 Å². The summed E-state index contributed by atoms with van der Waals surface area (Å²) in [4.78, 5) is 29.1. The van der Waals surface area contributed by atoms with Gasteiger partial charge >= 0.3 is 0 Å². The van der Waals surface area contributed by atoms with Gasteiger partial charge in [-0.2, -0.15) is 0 Å². The number of piperidine rings is 1. The van der Waals surface area contributed by atoms with Gasteiger partial charge in [0.2, 0.25) is 11.8 Å². The van der Waals surface area contributed by atoms with E-state index in [1.165, 1.54) is 12.8 Å². The molecule has 2 fully saturated rings. The second kappa shape index (κ2) is 7.66. The molecule has 2 aromatic rings. The average Bonchev–Trinajstić information content (AvgIpc) is 3.38. The Hall–Kier alpha value is -2.44. The molecular formula is C20H26N4O3. The quantitative estimate of drug-likeness (QED) is 0.826. The minimum absolute atomic E-state index is 0.0000705. The Bertz CT molecular complexity index is 819. The molecule has 0 unspecified atom stereocenters. The minimum atomic E-state index is 0.0000705. The van der Waals surface area contributed by atoms with Crippen molar-refractivity contribution in [1.29, 1.82) is 0 Å². The van der Waals surface area contributed by atoms with E-state index in [1.54, 1.807) is 4.90 Å². The van der Waals surface area contributed by atoms with Crippen molar-refractivity contribution < 1.29 is 14.2 Å². The molecule has 0 atom stereocenters. The van der Waals surface area contributed by atoms with Crippen LogP contribution in [-0.4, -0.2) is 52.1 Å². The lowest BCUT2D eigenvalue weighted by atomic mass is 9.94. The molecule has 1 saturated heterocycles. The van der Waals surface area contributed by atoms with Crippen molar-refractivity contribution in [2.75, 3.05) is 20.1 Å². The molecule has 1 saturated carbocycles. The van der Waals surface area contributed by atoms with Gasteiger partial charge in [0.15, 0.2) is 0 Å². The average molecular weight is 370 g/mol. The van der Waals surface area contributed by atoms with Crippen molar-refractivity contribution in [2.24, 2.45) is 11.8 Å². The van der Waals surface area contributed by atoms with Gasteiger partial charge in [0, 0.05) is 38.5 Å². The highest BCUT2D eigenvalue weighted by Gasteiger charge is 2.32. The van der Waals surface area contributed by atoms with Gasteiger partial charge in [0.25, 0.3) is 0 Å². The number of amides is 2. The number of nitrogens with zero attached hydrogens (tertiary/aromatic N) is 4. The molecular weight excluding hydrogens is 344 g/mol. The van der Waals surface area contributed by atoms with Crippen LogP contribution in [0, 0.1) is 11.8 Å². The summed E-state index contributed by atoms with van der Waals surface area (Å²) in [5.41, 5.74) is 2.42. The van der Waals surface area contributed by atoms with Crippen LogP contribution < -0.4 is 0 Å². The Morgan fingerprint density at radius 3 is 2.52 bits per heavy atom. The second-order valence-corrected chi connectivity index (χ2v) is 7.86. The standard InChI is InChI=1S/C20H26N4O3/c1-23(13-14-6-7-17-18(12-14)22-27-21-17)19(25)16-8-10-24(11-9-16)20(26)15-4-2-3-5-15/h6-7,12,15-16H,2-5,8-11,13H2,1H3. The van der Waals surface area contributed by atoms with E-state index in [9.17, 15) is 9.59 Å². The van der Waals surface area contributed by atoms with Crippen molar-refractivity contribution in [3.8, 4) is 0 Å². The lowest BCUT2D eigenvalue weighted by Crippen LogP contribution is -2.45. The van der Waals surface area contributed by atoms with Crippen LogP contribution in [0.2, 0.25) is 0 Å². The number of rotatable bonds is 4. The highest BCUT2D eigenvalue weighted by Crippen LogP contribution is 2.29. The maximum absolute atomic E-state index is 12.8. The third-order valence-electron chi connectivity index (χ3n) is 5.97. The maximum Gasteiger partial charge on any atom is 0.225 e. The van der Waals surface area contributed by atoms with Gasteiger partial charge in [-0.15, -0.1) is 0 Å². The number of carbonyl (C=O) groups is 2. The van der Waals surface area contributed by atoms with Crippen molar-refractivity contribution in [3.63, 3.8) is 0 Å². The first-order valence-corrected chi connectivity index (χ1v) is 9.87. The van der Waals surface area contributed by atoms with Crippen LogP contribution in [-0.2, 0) is 16.1 Å². The highest BCUT2D eigenvalue weighted by atomic mass is 16.6. The first-order chi connectivity index (χ1) is 13.1. The fourth-order valence-electron chi connectivity index (χ4n) is 4.37. The van der Waals surface area contributed by atoms with Crippen LogP contribution in [0.15, 0.2) is 22.8 Å². The Balaban J connectivity index is 1.31. The molecule has 7 nitrogen and oxygen atoms in total. The smallest absolute Gasteiger partial charge is 0.225 e. The number of hydrogen-bond donors (Lipinski definition) is 0. The summed E-state index contributed by atoms with van der Waals surface area (Å²) in [5.74, 6) is 0.684. The predicted octanol–water partition coefficient (Wildman–Crippen LogP) is 2.61. The molecule has 7 heteroatoms. The second-order valence-electron chi connectivity index (χ2n) is 7.86. The van der Waals surface area contributed by atoms with Crippen LogP contribution in [0.1, 0.15) is 44.1 Å². The van der Waals surface area contributed by atoms with Gasteiger partial charge < -0.3 is 9.80 Å². The summed E-state index contributed by atoms with van der Waals surface area (Å²) in [6.07, 6.45) is 5.93. The lowest BCUT2D eigenvalue weighted by Gasteiger charge is -2.34. The van der Waals surface area contributed by atoms with E-state index in [1.807, 2.05) is 30.1 Å². The van der Waals surface area contributed by atoms with Crippen LogP contribution in [0.25, 0.3) is 11.0 Å². The predicted molar refractivity (Wildman–Crippen MR) is 99.5 cm³/mol. The molecule has 1 aromatic heterocycles. The zero-order valence-electron chi connectivity index (χ0n) is 15.8. The van der Waals surface area contributed by atoms with Crippen molar-refractivity contribution in [2.45, 2.75) is 45.1 Å². The Labute approximate surface area is 158 Å². The van der Waals surface area contributed by atoms with E-state index in [4.69, 9.17) is 4.63 Å². The van der Waals surface area contributed by atoms with Crippen molar-refractivity contribution in [1.82, 2.24) is 20.1 Å². The maximum atomic E-state index is 12.8. The molecule has 0 N–H and O–H groups in total. The van der Waals surface area contributed by atoms with E-state index in [0.29, 0.717) is 36.6 Å². The molecule has 2 heterocycles. The lowest BCUT2D eigenvalue weighted by molar-refractivity contribution is -0.142. The summed E-state index contributed by atoms with van der Waals surface area (Å²) >= 11 is 0. The number of likely N-dealkylation sites (tertiary alicyclic amines) is 1. The Morgan fingerprint density at radius 1 is 1.07 bits per heavy atom. The fraction of sp³-hybridized carbons (Fsp3) is 0.600. The molecule has 1 aliphatic carbocycles. The monoisotopic (exact) mass is 370 g/mol. The van der Waals surface area contributed by atoms with E-state index in [-0.39, 0.29) is 17.7 Å². The highest BCUT2D eigenvalue weighted by molar-refractivity contribution is 5.81. The van der Waals surface area contributed by atoms with Gasteiger partial charge in [0.1, 0.15) is 11.0 Å². The normalized spacial score (nSPS) is 18.9. The summed E-state index contributed by atoms with van der Waals surface area (Å²) in [6.45, 7) is 1.94. The summed E-state index contributed by atoms with van der Waals surface area (Å²) in [7, 11) is 1.84. The van der Waals surface area contributed by atoms with Gasteiger partial charge in [0.05, 0.1) is 0 Å². The first-order valence-electron chi connectivity index (χ1n) is 9.87.